The van der Waals surface area contributed by atoms with E-state index in [4.69, 9.17) is 0 Å². The number of rotatable bonds is 5. The number of fused-ring (bicyclic) bond motifs is 1. The SMILES string of the molecule is CCCCc1nc2cc[nH]c(=O)c2n1Cc1ccc(O)cc1. The quantitative estimate of drug-likeness (QED) is 0.760. The zero-order valence-corrected chi connectivity index (χ0v) is 12.5. The van der Waals surface area contributed by atoms with Crippen LogP contribution in [0.25, 0.3) is 11.0 Å². The molecule has 114 valence electrons. The number of pyridine rings is 1. The number of hydrogen-bond donors (Lipinski definition) is 2. The summed E-state index contributed by atoms with van der Waals surface area (Å²) in [6.07, 6.45) is 4.60. The summed E-state index contributed by atoms with van der Waals surface area (Å²) in [5.41, 5.74) is 2.25. The average molecular weight is 297 g/mol. The van der Waals surface area contributed by atoms with Gasteiger partial charge in [-0.2, -0.15) is 0 Å². The normalized spacial score (nSPS) is 11.1. The molecule has 2 heterocycles. The maximum Gasteiger partial charge on any atom is 0.274 e. The molecule has 0 atom stereocenters. The molecule has 0 radical (unpaired) electrons. The third kappa shape index (κ3) is 2.74. The smallest absolute Gasteiger partial charge is 0.274 e. The maximum absolute atomic E-state index is 12.2. The second-order valence-corrected chi connectivity index (χ2v) is 5.42. The molecule has 3 rings (SSSR count). The Bertz CT molecular complexity index is 831. The number of aryl methyl sites for hydroxylation is 1. The van der Waals surface area contributed by atoms with Crippen molar-refractivity contribution < 1.29 is 5.11 Å². The van der Waals surface area contributed by atoms with E-state index in [1.807, 2.05) is 22.8 Å². The fourth-order valence-electron chi connectivity index (χ4n) is 2.62. The Hall–Kier alpha value is -2.56. The van der Waals surface area contributed by atoms with Crippen LogP contribution in [0.1, 0.15) is 31.2 Å². The molecule has 5 heteroatoms. The Morgan fingerprint density at radius 2 is 2.00 bits per heavy atom. The molecule has 0 aliphatic carbocycles. The predicted octanol–water partition coefficient (Wildman–Crippen LogP) is 2.82. The minimum absolute atomic E-state index is 0.119. The highest BCUT2D eigenvalue weighted by Crippen LogP contribution is 2.17. The van der Waals surface area contributed by atoms with Crippen LogP contribution in [-0.4, -0.2) is 19.6 Å². The lowest BCUT2D eigenvalue weighted by atomic mass is 10.2. The number of aromatic amines is 1. The Kier molecular flexibility index (Phi) is 3.96. The summed E-state index contributed by atoms with van der Waals surface area (Å²) < 4.78 is 1.98. The molecule has 0 saturated heterocycles. The van der Waals surface area contributed by atoms with Gasteiger partial charge < -0.3 is 14.7 Å². The van der Waals surface area contributed by atoms with Gasteiger partial charge in [-0.3, -0.25) is 4.79 Å². The number of phenolic OH excluding ortho intramolecular Hbond substituents is 1. The van der Waals surface area contributed by atoms with Crippen molar-refractivity contribution in [2.75, 3.05) is 0 Å². The Labute approximate surface area is 128 Å². The zero-order chi connectivity index (χ0) is 15.5. The van der Waals surface area contributed by atoms with Crippen molar-refractivity contribution in [3.8, 4) is 5.75 Å². The minimum atomic E-state index is -0.119. The van der Waals surface area contributed by atoms with Gasteiger partial charge in [-0.05, 0) is 30.2 Å². The molecule has 0 amide bonds. The van der Waals surface area contributed by atoms with E-state index < -0.39 is 0 Å². The third-order valence-corrected chi connectivity index (χ3v) is 3.78. The standard InChI is InChI=1S/C17H19N3O2/c1-2-3-4-15-19-14-9-10-18-17(22)16(14)20(15)11-12-5-7-13(21)8-6-12/h5-10,21H,2-4,11H2,1H3,(H,18,22). The minimum Gasteiger partial charge on any atom is -0.508 e. The molecule has 0 unspecified atom stereocenters. The van der Waals surface area contributed by atoms with Gasteiger partial charge in [0, 0.05) is 19.2 Å². The fourth-order valence-corrected chi connectivity index (χ4v) is 2.62. The first-order chi connectivity index (χ1) is 10.7. The second kappa shape index (κ2) is 6.05. The van der Waals surface area contributed by atoms with Crippen LogP contribution in [0.3, 0.4) is 0 Å². The highest BCUT2D eigenvalue weighted by atomic mass is 16.3. The van der Waals surface area contributed by atoms with Gasteiger partial charge in [0.2, 0.25) is 0 Å². The molecule has 0 fully saturated rings. The van der Waals surface area contributed by atoms with E-state index in [0.29, 0.717) is 12.1 Å². The van der Waals surface area contributed by atoms with Crippen LogP contribution in [0.4, 0.5) is 0 Å². The molecule has 0 spiro atoms. The van der Waals surface area contributed by atoms with Gasteiger partial charge in [-0.15, -0.1) is 0 Å². The molecular weight excluding hydrogens is 278 g/mol. The van der Waals surface area contributed by atoms with Crippen LogP contribution >= 0.6 is 0 Å². The molecule has 3 aromatic rings. The zero-order valence-electron chi connectivity index (χ0n) is 12.5. The number of aromatic hydroxyl groups is 1. The van der Waals surface area contributed by atoms with Crippen molar-refractivity contribution in [2.24, 2.45) is 0 Å². The van der Waals surface area contributed by atoms with E-state index in [1.165, 1.54) is 0 Å². The van der Waals surface area contributed by atoms with Crippen LogP contribution in [0.15, 0.2) is 41.3 Å². The number of nitrogens with one attached hydrogen (secondary N) is 1. The Balaban J connectivity index is 2.08. The number of unbranched alkanes of at least 4 members (excludes halogenated alkanes) is 1. The molecular formula is C17H19N3O2. The molecule has 5 nitrogen and oxygen atoms in total. The number of benzene rings is 1. The Morgan fingerprint density at radius 3 is 2.73 bits per heavy atom. The lowest BCUT2D eigenvalue weighted by molar-refractivity contribution is 0.475. The monoisotopic (exact) mass is 297 g/mol. The number of phenols is 1. The summed E-state index contributed by atoms with van der Waals surface area (Å²) in [5.74, 6) is 1.17. The molecule has 0 aliphatic rings. The summed E-state index contributed by atoms with van der Waals surface area (Å²) in [7, 11) is 0. The molecule has 1 aromatic carbocycles. The van der Waals surface area contributed by atoms with Gasteiger partial charge in [-0.1, -0.05) is 25.5 Å². The lowest BCUT2D eigenvalue weighted by Gasteiger charge is -2.09. The topological polar surface area (TPSA) is 70.9 Å². The Morgan fingerprint density at radius 1 is 1.23 bits per heavy atom. The van der Waals surface area contributed by atoms with Crippen LogP contribution in [0.2, 0.25) is 0 Å². The van der Waals surface area contributed by atoms with Crippen molar-refractivity contribution in [3.63, 3.8) is 0 Å². The first kappa shape index (κ1) is 14.4. The van der Waals surface area contributed by atoms with Gasteiger partial charge in [0.1, 0.15) is 17.1 Å². The number of H-pyrrole nitrogens is 1. The first-order valence-corrected chi connectivity index (χ1v) is 7.53. The summed E-state index contributed by atoms with van der Waals surface area (Å²) >= 11 is 0. The summed E-state index contributed by atoms with van der Waals surface area (Å²) in [4.78, 5) is 19.5. The van der Waals surface area contributed by atoms with E-state index in [1.54, 1.807) is 18.3 Å². The van der Waals surface area contributed by atoms with Gasteiger partial charge in [0.25, 0.3) is 5.56 Å². The maximum atomic E-state index is 12.2. The third-order valence-electron chi connectivity index (χ3n) is 3.78. The van der Waals surface area contributed by atoms with Crippen LogP contribution in [0, 0.1) is 0 Å². The van der Waals surface area contributed by atoms with Crippen LogP contribution < -0.4 is 5.56 Å². The predicted molar refractivity (Wildman–Crippen MR) is 86.2 cm³/mol. The van der Waals surface area contributed by atoms with Crippen molar-refractivity contribution in [1.29, 1.82) is 0 Å². The summed E-state index contributed by atoms with van der Waals surface area (Å²) in [6, 6.07) is 8.87. The fraction of sp³-hybridized carbons (Fsp3) is 0.294. The first-order valence-electron chi connectivity index (χ1n) is 7.53. The van der Waals surface area contributed by atoms with Gasteiger partial charge >= 0.3 is 0 Å². The number of nitrogens with zero attached hydrogens (tertiary/aromatic N) is 2. The van der Waals surface area contributed by atoms with Crippen molar-refractivity contribution in [2.45, 2.75) is 32.7 Å². The summed E-state index contributed by atoms with van der Waals surface area (Å²) in [5, 5.41) is 9.40. The van der Waals surface area contributed by atoms with E-state index in [-0.39, 0.29) is 11.3 Å². The van der Waals surface area contributed by atoms with Gasteiger partial charge in [0.15, 0.2) is 0 Å². The highest BCUT2D eigenvalue weighted by Gasteiger charge is 2.13. The molecule has 0 aliphatic heterocycles. The van der Waals surface area contributed by atoms with Gasteiger partial charge in [-0.25, -0.2) is 4.98 Å². The molecule has 2 aromatic heterocycles. The van der Waals surface area contributed by atoms with E-state index in [2.05, 4.69) is 16.9 Å². The van der Waals surface area contributed by atoms with E-state index >= 15 is 0 Å². The lowest BCUT2D eigenvalue weighted by Crippen LogP contribution is -2.13. The van der Waals surface area contributed by atoms with E-state index in [0.717, 1.165) is 36.2 Å². The van der Waals surface area contributed by atoms with Crippen molar-refractivity contribution in [1.82, 2.24) is 14.5 Å². The van der Waals surface area contributed by atoms with Crippen LogP contribution in [0.5, 0.6) is 5.75 Å². The molecule has 22 heavy (non-hydrogen) atoms. The molecule has 2 N–H and O–H groups in total. The highest BCUT2D eigenvalue weighted by molar-refractivity contribution is 5.74. The van der Waals surface area contributed by atoms with Crippen molar-refractivity contribution >= 4 is 11.0 Å². The molecule has 0 bridgehead atoms. The number of aromatic nitrogens is 3. The number of imidazole rings is 1. The van der Waals surface area contributed by atoms with Crippen LogP contribution in [-0.2, 0) is 13.0 Å². The largest absolute Gasteiger partial charge is 0.508 e. The van der Waals surface area contributed by atoms with E-state index in [9.17, 15) is 9.90 Å². The average Bonchev–Trinajstić information content (AvgIpc) is 2.86. The summed E-state index contributed by atoms with van der Waals surface area (Å²) in [6.45, 7) is 2.71. The molecule has 0 saturated carbocycles. The number of hydrogen-bond acceptors (Lipinski definition) is 3. The van der Waals surface area contributed by atoms with Gasteiger partial charge in [0.05, 0.1) is 5.52 Å². The van der Waals surface area contributed by atoms with Crippen molar-refractivity contribution in [3.05, 3.63) is 58.3 Å². The second-order valence-electron chi connectivity index (χ2n) is 5.42.